The molecule has 0 aromatic rings. The lowest BCUT2D eigenvalue weighted by Gasteiger charge is -2.49. The van der Waals surface area contributed by atoms with Crippen LogP contribution in [0.15, 0.2) is 0 Å². The number of β-lactam (4-membered cyclic amide) rings is 1. The van der Waals surface area contributed by atoms with Crippen molar-refractivity contribution in [2.45, 2.75) is 103 Å². The van der Waals surface area contributed by atoms with Crippen molar-refractivity contribution in [3.05, 3.63) is 0 Å². The summed E-state index contributed by atoms with van der Waals surface area (Å²) in [5, 5.41) is 2.24. The molecular weight excluding hydrogens is 544 g/mol. The van der Waals surface area contributed by atoms with Crippen molar-refractivity contribution >= 4 is 54.9 Å². The Hall–Kier alpha value is -2.25. The number of esters is 2. The number of likely N-dealkylation sites (tertiary alicyclic amines) is 1. The van der Waals surface area contributed by atoms with Crippen molar-refractivity contribution in [2.75, 3.05) is 13.3 Å². The zero-order chi connectivity index (χ0) is 29.9. The van der Waals surface area contributed by atoms with E-state index in [1.807, 2.05) is 0 Å². The molecule has 0 aliphatic carbocycles. The van der Waals surface area contributed by atoms with Crippen LogP contribution >= 0.6 is 11.8 Å². The SMILES string of the molecule is C[C@@H](O[Si](C)(C)C(C)(C)C)[C@H]1C(=O)N(C(=O)C(=O)OCOC(=O)C(C)(C)C)[C@H]1CCC(=O)S[C@H]1CNC(=O)C1. The van der Waals surface area contributed by atoms with E-state index in [0.29, 0.717) is 6.54 Å². The standard InChI is InChI=1S/C26H42N2O9SSi/c1-15(37-39(8,9)26(5,6)7)20-17(10-11-19(30)38-16-12-18(29)27-13-16)28(21(20)31)22(32)23(33)35-14-36-24(34)25(2,3)4/h15-17,20H,10-14H2,1-9H3,(H,27,29)/t15-,16-,17+,20-/m1/s1. The maximum absolute atomic E-state index is 13.2. The summed E-state index contributed by atoms with van der Waals surface area (Å²) in [6, 6.07) is -0.748. The molecule has 0 saturated carbocycles. The predicted molar refractivity (Wildman–Crippen MR) is 147 cm³/mol. The number of nitrogens with one attached hydrogen (secondary N) is 1. The summed E-state index contributed by atoms with van der Waals surface area (Å²) in [5.74, 6) is -4.54. The smallest absolute Gasteiger partial charge is 0.400 e. The minimum atomic E-state index is -2.27. The second kappa shape index (κ2) is 12.5. The van der Waals surface area contributed by atoms with Crippen molar-refractivity contribution in [1.82, 2.24) is 10.2 Å². The molecule has 220 valence electrons. The molecule has 2 heterocycles. The van der Waals surface area contributed by atoms with Crippen LogP contribution in [0.5, 0.6) is 0 Å². The molecule has 0 bridgehead atoms. The van der Waals surface area contributed by atoms with Crippen LogP contribution in [0.4, 0.5) is 0 Å². The van der Waals surface area contributed by atoms with Crippen LogP contribution in [0, 0.1) is 11.3 Å². The highest BCUT2D eigenvalue weighted by atomic mass is 32.2. The van der Waals surface area contributed by atoms with Crippen molar-refractivity contribution in [3.8, 4) is 0 Å². The number of carbonyl (C=O) groups is 6. The highest BCUT2D eigenvalue weighted by Crippen LogP contribution is 2.41. The Morgan fingerprint density at radius 3 is 2.21 bits per heavy atom. The highest BCUT2D eigenvalue weighted by molar-refractivity contribution is 8.14. The van der Waals surface area contributed by atoms with E-state index in [1.165, 1.54) is 0 Å². The minimum absolute atomic E-state index is 0.0403. The molecule has 39 heavy (non-hydrogen) atoms. The third kappa shape index (κ3) is 8.37. The second-order valence-electron chi connectivity index (χ2n) is 12.6. The fourth-order valence-electron chi connectivity index (χ4n) is 4.04. The molecule has 2 fully saturated rings. The topological polar surface area (TPSA) is 145 Å². The number of imide groups is 1. The largest absolute Gasteiger partial charge is 0.427 e. The predicted octanol–water partition coefficient (Wildman–Crippen LogP) is 2.77. The van der Waals surface area contributed by atoms with Crippen LogP contribution in [-0.2, 0) is 42.7 Å². The fraction of sp³-hybridized carbons (Fsp3) is 0.769. The monoisotopic (exact) mass is 586 g/mol. The van der Waals surface area contributed by atoms with Crippen LogP contribution in [0.1, 0.15) is 67.7 Å². The molecule has 0 aromatic heterocycles. The van der Waals surface area contributed by atoms with Gasteiger partial charge in [0.1, 0.15) is 0 Å². The molecule has 2 saturated heterocycles. The Labute approximate surface area is 235 Å². The van der Waals surface area contributed by atoms with E-state index < -0.39 is 62.3 Å². The molecule has 0 unspecified atom stereocenters. The van der Waals surface area contributed by atoms with Crippen LogP contribution in [-0.4, -0.2) is 78.7 Å². The lowest BCUT2D eigenvalue weighted by atomic mass is 9.80. The minimum Gasteiger partial charge on any atom is -0.427 e. The Morgan fingerprint density at radius 1 is 1.08 bits per heavy atom. The zero-order valence-electron chi connectivity index (χ0n) is 24.4. The van der Waals surface area contributed by atoms with Gasteiger partial charge >= 0.3 is 17.8 Å². The van der Waals surface area contributed by atoms with Gasteiger partial charge in [0.2, 0.25) is 18.6 Å². The maximum atomic E-state index is 13.2. The first-order valence-corrected chi connectivity index (χ1v) is 16.9. The van der Waals surface area contributed by atoms with Crippen molar-refractivity contribution < 1.29 is 42.7 Å². The molecule has 11 nitrogen and oxygen atoms in total. The van der Waals surface area contributed by atoms with Gasteiger partial charge in [0.15, 0.2) is 13.4 Å². The van der Waals surface area contributed by atoms with E-state index in [-0.39, 0.29) is 40.6 Å². The Morgan fingerprint density at radius 2 is 1.69 bits per heavy atom. The maximum Gasteiger partial charge on any atom is 0.400 e. The number of rotatable bonds is 9. The lowest BCUT2D eigenvalue weighted by Crippen LogP contribution is -2.68. The van der Waals surface area contributed by atoms with Gasteiger partial charge in [-0.3, -0.25) is 28.9 Å². The summed E-state index contributed by atoms with van der Waals surface area (Å²) >= 11 is 1.07. The molecule has 2 aliphatic heterocycles. The third-order valence-electron chi connectivity index (χ3n) is 7.33. The molecule has 2 aliphatic rings. The molecule has 2 rings (SSSR count). The second-order valence-corrected chi connectivity index (χ2v) is 18.7. The summed E-state index contributed by atoms with van der Waals surface area (Å²) in [6.07, 6.45) is -0.108. The number of ether oxygens (including phenoxy) is 2. The Bertz CT molecular complexity index is 1000. The number of thioether (sulfide) groups is 1. The average Bonchev–Trinajstić information content (AvgIpc) is 3.18. The third-order valence-corrected chi connectivity index (χ3v) is 13.0. The lowest BCUT2D eigenvalue weighted by molar-refractivity contribution is -0.187. The first kappa shape index (κ1) is 33.0. The van der Waals surface area contributed by atoms with Crippen molar-refractivity contribution in [3.63, 3.8) is 0 Å². The quantitative estimate of drug-likeness (QED) is 0.141. The number of amides is 3. The molecule has 0 aromatic carbocycles. The average molecular weight is 587 g/mol. The van der Waals surface area contributed by atoms with Gasteiger partial charge in [-0.05, 0) is 52.2 Å². The van der Waals surface area contributed by atoms with Crippen LogP contribution in [0.25, 0.3) is 0 Å². The van der Waals surface area contributed by atoms with E-state index in [4.69, 9.17) is 13.9 Å². The summed E-state index contributed by atoms with van der Waals surface area (Å²) in [7, 11) is -2.27. The normalized spacial score (nSPS) is 22.6. The van der Waals surface area contributed by atoms with E-state index in [0.717, 1.165) is 16.7 Å². The van der Waals surface area contributed by atoms with Crippen LogP contribution in [0.3, 0.4) is 0 Å². The molecule has 0 radical (unpaired) electrons. The van der Waals surface area contributed by atoms with Gasteiger partial charge in [-0.15, -0.1) is 0 Å². The summed E-state index contributed by atoms with van der Waals surface area (Å²) < 4.78 is 16.1. The van der Waals surface area contributed by atoms with Gasteiger partial charge in [-0.25, -0.2) is 4.79 Å². The summed E-state index contributed by atoms with van der Waals surface area (Å²) in [4.78, 5) is 75.3. The van der Waals surface area contributed by atoms with Gasteiger partial charge in [-0.2, -0.15) is 0 Å². The number of carbonyl (C=O) groups excluding carboxylic acids is 6. The summed E-state index contributed by atoms with van der Waals surface area (Å²) in [6.45, 7) is 16.6. The highest BCUT2D eigenvalue weighted by Gasteiger charge is 2.56. The molecule has 1 N–H and O–H groups in total. The van der Waals surface area contributed by atoms with Gasteiger partial charge in [-0.1, -0.05) is 32.5 Å². The first-order valence-electron chi connectivity index (χ1n) is 13.1. The van der Waals surface area contributed by atoms with Gasteiger partial charge in [0.05, 0.1) is 23.5 Å². The summed E-state index contributed by atoms with van der Waals surface area (Å²) in [5.41, 5.74) is -0.825. The van der Waals surface area contributed by atoms with Crippen molar-refractivity contribution in [1.29, 1.82) is 0 Å². The number of nitrogens with zero attached hydrogens (tertiary/aromatic N) is 1. The molecule has 3 amide bonds. The van der Waals surface area contributed by atoms with E-state index in [1.54, 1.807) is 27.7 Å². The van der Waals surface area contributed by atoms with Gasteiger partial charge < -0.3 is 19.2 Å². The van der Waals surface area contributed by atoms with E-state index in [9.17, 15) is 28.8 Å². The Kier molecular flexibility index (Phi) is 10.6. The van der Waals surface area contributed by atoms with E-state index >= 15 is 0 Å². The molecular formula is C26H42N2O9SSi. The molecule has 0 spiro atoms. The molecule has 13 heteroatoms. The number of hydrogen-bond donors (Lipinski definition) is 1. The Balaban J connectivity index is 2.11. The van der Waals surface area contributed by atoms with E-state index in [2.05, 4.69) is 39.2 Å². The van der Waals surface area contributed by atoms with Gasteiger partial charge in [0.25, 0.3) is 0 Å². The van der Waals surface area contributed by atoms with Crippen LogP contribution in [0.2, 0.25) is 18.1 Å². The van der Waals surface area contributed by atoms with Crippen molar-refractivity contribution in [2.24, 2.45) is 11.3 Å². The fourth-order valence-corrected chi connectivity index (χ4v) is 6.48. The van der Waals surface area contributed by atoms with Gasteiger partial charge in [0, 0.05) is 24.6 Å². The molecule has 4 atom stereocenters. The zero-order valence-corrected chi connectivity index (χ0v) is 26.2. The first-order chi connectivity index (χ1) is 17.8. The van der Waals surface area contributed by atoms with Crippen LogP contribution < -0.4 is 5.32 Å². The number of hydrogen-bond acceptors (Lipinski definition) is 10.